The van der Waals surface area contributed by atoms with Gasteiger partial charge in [-0.2, -0.15) is 0 Å². The Morgan fingerprint density at radius 2 is 1.55 bits per heavy atom. The number of anilines is 1. The second-order valence-electron chi connectivity index (χ2n) is 5.29. The molecule has 0 aliphatic carbocycles. The maximum Gasteiger partial charge on any atom is 0.126 e. The lowest BCUT2D eigenvalue weighted by Gasteiger charge is -2.04. The predicted molar refractivity (Wildman–Crippen MR) is 95.3 cm³/mol. The number of unbranched alkanes of at least 4 members (excludes halogenated alkanes) is 4. The minimum atomic E-state index is 0.279. The molecule has 0 atom stereocenters. The van der Waals surface area contributed by atoms with Gasteiger partial charge in [0.2, 0.25) is 0 Å². The third-order valence-electron chi connectivity index (χ3n) is 3.42. The molecule has 1 aromatic heterocycles. The van der Waals surface area contributed by atoms with E-state index >= 15 is 0 Å². The van der Waals surface area contributed by atoms with E-state index in [2.05, 4.69) is 24.1 Å². The molecule has 2 rings (SSSR count). The Hall–Kier alpha value is -2.03. The number of hydrogen-bond donors (Lipinski definition) is 2. The quantitative estimate of drug-likeness (QED) is 0.695. The summed E-state index contributed by atoms with van der Waals surface area (Å²) in [5, 5.41) is 12.2. The summed E-state index contributed by atoms with van der Waals surface area (Å²) in [4.78, 5) is 4.14. The number of aromatic hydroxyl groups is 1. The van der Waals surface area contributed by atoms with Crippen molar-refractivity contribution in [2.45, 2.75) is 46.0 Å². The molecule has 0 fully saturated rings. The van der Waals surface area contributed by atoms with Gasteiger partial charge >= 0.3 is 0 Å². The zero-order valence-corrected chi connectivity index (χ0v) is 14.0. The van der Waals surface area contributed by atoms with Gasteiger partial charge < -0.3 is 10.4 Å². The highest BCUT2D eigenvalue weighted by Crippen LogP contribution is 2.22. The van der Waals surface area contributed by atoms with E-state index in [1.807, 2.05) is 31.3 Å². The molecule has 2 aromatic rings. The number of pyridine rings is 1. The Morgan fingerprint density at radius 3 is 2.09 bits per heavy atom. The molecule has 0 spiro atoms. The molecule has 1 aromatic carbocycles. The van der Waals surface area contributed by atoms with E-state index in [9.17, 15) is 5.11 Å². The zero-order valence-electron chi connectivity index (χ0n) is 14.0. The molecule has 1 heterocycles. The van der Waals surface area contributed by atoms with Crippen molar-refractivity contribution in [3.63, 3.8) is 0 Å². The number of rotatable bonds is 6. The number of phenols is 1. The third kappa shape index (κ3) is 6.61. The van der Waals surface area contributed by atoms with Crippen molar-refractivity contribution in [2.75, 3.05) is 12.4 Å². The summed E-state index contributed by atoms with van der Waals surface area (Å²) >= 11 is 0. The number of benzene rings is 1. The van der Waals surface area contributed by atoms with Crippen LogP contribution in [-0.4, -0.2) is 17.1 Å². The van der Waals surface area contributed by atoms with Gasteiger partial charge in [0.05, 0.1) is 0 Å². The molecule has 3 heteroatoms. The number of nitrogens with zero attached hydrogens (tertiary/aromatic N) is 1. The average molecular weight is 300 g/mol. The van der Waals surface area contributed by atoms with Crippen LogP contribution >= 0.6 is 0 Å². The molecule has 0 amide bonds. The van der Waals surface area contributed by atoms with Crippen LogP contribution in [0.2, 0.25) is 0 Å². The fourth-order valence-electron chi connectivity index (χ4n) is 2.08. The Kier molecular flexibility index (Phi) is 8.73. The topological polar surface area (TPSA) is 45.1 Å². The molecule has 0 unspecified atom stereocenters. The first-order chi connectivity index (χ1) is 10.7. The van der Waals surface area contributed by atoms with E-state index in [4.69, 9.17) is 0 Å². The lowest BCUT2D eigenvalue weighted by Crippen LogP contribution is -1.91. The van der Waals surface area contributed by atoms with E-state index in [0.717, 1.165) is 16.9 Å². The minimum Gasteiger partial charge on any atom is -0.508 e. The average Bonchev–Trinajstić information content (AvgIpc) is 2.57. The Bertz CT molecular complexity index is 519. The van der Waals surface area contributed by atoms with Crippen molar-refractivity contribution in [3.8, 4) is 16.9 Å². The van der Waals surface area contributed by atoms with Gasteiger partial charge in [-0.3, -0.25) is 0 Å². The summed E-state index contributed by atoms with van der Waals surface area (Å²) in [5.74, 6) is 1.11. The fourth-order valence-corrected chi connectivity index (χ4v) is 2.08. The van der Waals surface area contributed by atoms with Gasteiger partial charge in [0.25, 0.3) is 0 Å². The Morgan fingerprint density at radius 1 is 0.909 bits per heavy atom. The summed E-state index contributed by atoms with van der Waals surface area (Å²) < 4.78 is 0. The van der Waals surface area contributed by atoms with Crippen molar-refractivity contribution in [1.29, 1.82) is 0 Å². The summed E-state index contributed by atoms with van der Waals surface area (Å²) in [7, 11) is 1.84. The van der Waals surface area contributed by atoms with Crippen LogP contribution in [0.4, 0.5) is 5.82 Å². The fraction of sp³-hybridized carbons (Fsp3) is 0.421. The highest BCUT2D eigenvalue weighted by molar-refractivity contribution is 5.66. The van der Waals surface area contributed by atoms with E-state index in [-0.39, 0.29) is 5.75 Å². The van der Waals surface area contributed by atoms with Gasteiger partial charge in [0, 0.05) is 13.2 Å². The molecular formula is C19H28N2O. The van der Waals surface area contributed by atoms with Crippen LogP contribution in [0.5, 0.6) is 5.75 Å². The van der Waals surface area contributed by atoms with Gasteiger partial charge in [-0.25, -0.2) is 4.98 Å². The number of aromatic nitrogens is 1. The van der Waals surface area contributed by atoms with Crippen molar-refractivity contribution in [1.82, 2.24) is 4.98 Å². The first-order valence-corrected chi connectivity index (χ1v) is 8.14. The summed E-state index contributed by atoms with van der Waals surface area (Å²) in [6, 6.07) is 11.0. The molecule has 0 saturated heterocycles. The molecule has 3 nitrogen and oxygen atoms in total. The molecular weight excluding hydrogens is 272 g/mol. The van der Waals surface area contributed by atoms with Crippen LogP contribution in [0.15, 0.2) is 42.6 Å². The molecule has 0 bridgehead atoms. The normalized spacial score (nSPS) is 9.77. The van der Waals surface area contributed by atoms with Crippen LogP contribution in [0.3, 0.4) is 0 Å². The van der Waals surface area contributed by atoms with Gasteiger partial charge in [-0.05, 0) is 35.4 Å². The van der Waals surface area contributed by atoms with Crippen LogP contribution in [0.1, 0.15) is 46.0 Å². The van der Waals surface area contributed by atoms with Crippen molar-refractivity contribution >= 4 is 5.82 Å². The molecule has 120 valence electrons. The monoisotopic (exact) mass is 300 g/mol. The lowest BCUT2D eigenvalue weighted by molar-refractivity contribution is 0.475. The molecule has 2 N–H and O–H groups in total. The van der Waals surface area contributed by atoms with Gasteiger partial charge in [-0.15, -0.1) is 0 Å². The first kappa shape index (κ1) is 18.0. The van der Waals surface area contributed by atoms with Gasteiger partial charge in [0.1, 0.15) is 11.6 Å². The van der Waals surface area contributed by atoms with Gasteiger partial charge in [0.15, 0.2) is 0 Å². The highest BCUT2D eigenvalue weighted by atomic mass is 16.3. The van der Waals surface area contributed by atoms with E-state index < -0.39 is 0 Å². The van der Waals surface area contributed by atoms with Crippen molar-refractivity contribution < 1.29 is 5.11 Å². The molecule has 0 aliphatic rings. The largest absolute Gasteiger partial charge is 0.508 e. The first-order valence-electron chi connectivity index (χ1n) is 8.14. The highest BCUT2D eigenvalue weighted by Gasteiger charge is 1.98. The summed E-state index contributed by atoms with van der Waals surface area (Å²) in [5.41, 5.74) is 2.14. The summed E-state index contributed by atoms with van der Waals surface area (Å²) in [6.07, 6.45) is 8.77. The van der Waals surface area contributed by atoms with Gasteiger partial charge in [-0.1, -0.05) is 58.1 Å². The standard InChI is InChI=1S/C12H12N2O.C7H16/c1-13-12-8-10(6-7-14-12)9-2-4-11(15)5-3-9;1-3-5-7-6-4-2/h2-8,15H,1H3,(H,13,14);3-7H2,1-2H3. The van der Waals surface area contributed by atoms with Crippen LogP contribution < -0.4 is 5.32 Å². The van der Waals surface area contributed by atoms with Crippen LogP contribution in [0, 0.1) is 0 Å². The molecule has 0 radical (unpaired) electrons. The maximum absolute atomic E-state index is 9.18. The van der Waals surface area contributed by atoms with E-state index in [0.29, 0.717) is 0 Å². The van der Waals surface area contributed by atoms with E-state index in [1.54, 1.807) is 18.3 Å². The lowest BCUT2D eigenvalue weighted by atomic mass is 10.1. The van der Waals surface area contributed by atoms with Crippen molar-refractivity contribution in [3.05, 3.63) is 42.6 Å². The van der Waals surface area contributed by atoms with Crippen LogP contribution in [-0.2, 0) is 0 Å². The van der Waals surface area contributed by atoms with Crippen LogP contribution in [0.25, 0.3) is 11.1 Å². The smallest absolute Gasteiger partial charge is 0.126 e. The second kappa shape index (κ2) is 10.7. The Labute approximate surface area is 134 Å². The molecule has 0 saturated carbocycles. The number of hydrogen-bond acceptors (Lipinski definition) is 3. The third-order valence-corrected chi connectivity index (χ3v) is 3.42. The maximum atomic E-state index is 9.18. The number of phenolic OH excluding ortho intramolecular Hbond substituents is 1. The minimum absolute atomic E-state index is 0.279. The Balaban J connectivity index is 0.000000295. The summed E-state index contributed by atoms with van der Waals surface area (Å²) in [6.45, 7) is 4.49. The molecule has 0 aliphatic heterocycles. The predicted octanol–water partition coefficient (Wildman–Crippen LogP) is 5.47. The second-order valence-corrected chi connectivity index (χ2v) is 5.29. The van der Waals surface area contributed by atoms with E-state index in [1.165, 1.54) is 32.1 Å². The molecule has 22 heavy (non-hydrogen) atoms. The van der Waals surface area contributed by atoms with Crippen molar-refractivity contribution in [2.24, 2.45) is 0 Å². The SMILES string of the molecule is CCCCCCC.CNc1cc(-c2ccc(O)cc2)ccn1. The zero-order chi connectivity index (χ0) is 16.2. The number of nitrogens with one attached hydrogen (secondary N) is 1.